The normalized spacial score (nSPS) is 13.8. The predicted octanol–water partition coefficient (Wildman–Crippen LogP) is -2.47. The Bertz CT molecular complexity index is 612. The third kappa shape index (κ3) is 11.3. The number of carbonyl (C=O) groups excluding carboxylic acids is 4. The Balaban J connectivity index is 4.96. The van der Waals surface area contributed by atoms with E-state index in [1.807, 2.05) is 0 Å². The fraction of sp³-hybridized carbons (Fsp3) is 0.722. The van der Waals surface area contributed by atoms with Crippen LogP contribution < -0.4 is 33.2 Å². The first-order valence-electron chi connectivity index (χ1n) is 9.83. The maximum atomic E-state index is 12.5. The number of unbranched alkanes of at least 4 members (excludes halogenated alkanes) is 1. The molecular formula is C18H34N6O6. The lowest BCUT2D eigenvalue weighted by Crippen LogP contribution is -2.54. The standard InChI is InChI=1S/C18H34N6O6/c1-10(2)15(21)17(28)22-9-14(26)23-11(6-7-13(20)25)16(27)24-12(18(29)30)5-3-4-8-19/h10-12,15H,3-9,19,21H2,1-2H3,(H2,20,25)(H,22,28)(H,23,26)(H,24,27)(H,29,30). The monoisotopic (exact) mass is 430 g/mol. The minimum Gasteiger partial charge on any atom is -0.480 e. The van der Waals surface area contributed by atoms with Crippen LogP contribution >= 0.6 is 0 Å². The van der Waals surface area contributed by atoms with Gasteiger partial charge < -0.3 is 38.3 Å². The molecule has 0 aromatic carbocycles. The molecule has 30 heavy (non-hydrogen) atoms. The Labute approximate surface area is 175 Å². The molecule has 0 aliphatic rings. The highest BCUT2D eigenvalue weighted by atomic mass is 16.4. The van der Waals surface area contributed by atoms with Crippen molar-refractivity contribution in [3.8, 4) is 0 Å². The van der Waals surface area contributed by atoms with Crippen molar-refractivity contribution in [2.45, 2.75) is 64.1 Å². The summed E-state index contributed by atoms with van der Waals surface area (Å²) in [6.45, 7) is 3.46. The van der Waals surface area contributed by atoms with E-state index in [1.165, 1.54) is 0 Å². The van der Waals surface area contributed by atoms with Crippen LogP contribution in [0.4, 0.5) is 0 Å². The molecule has 0 radical (unpaired) electrons. The molecule has 0 heterocycles. The summed E-state index contributed by atoms with van der Waals surface area (Å²) in [7, 11) is 0. The van der Waals surface area contributed by atoms with Gasteiger partial charge in [0.25, 0.3) is 0 Å². The molecule has 0 rings (SSSR count). The minimum absolute atomic E-state index is 0.124. The third-order valence-electron chi connectivity index (χ3n) is 4.34. The quantitative estimate of drug-likeness (QED) is 0.138. The van der Waals surface area contributed by atoms with Gasteiger partial charge in [-0.15, -0.1) is 0 Å². The first-order chi connectivity index (χ1) is 14.0. The van der Waals surface area contributed by atoms with Crippen molar-refractivity contribution in [1.82, 2.24) is 16.0 Å². The van der Waals surface area contributed by atoms with E-state index >= 15 is 0 Å². The number of carboxylic acid groups (broad SMARTS) is 1. The van der Waals surface area contributed by atoms with Crippen molar-refractivity contribution in [3.05, 3.63) is 0 Å². The highest BCUT2D eigenvalue weighted by Crippen LogP contribution is 2.04. The van der Waals surface area contributed by atoms with Crippen molar-refractivity contribution in [2.24, 2.45) is 23.1 Å². The number of amides is 4. The van der Waals surface area contributed by atoms with Crippen LogP contribution in [0, 0.1) is 5.92 Å². The van der Waals surface area contributed by atoms with Crippen molar-refractivity contribution in [1.29, 1.82) is 0 Å². The van der Waals surface area contributed by atoms with Gasteiger partial charge in [0.1, 0.15) is 12.1 Å². The molecule has 172 valence electrons. The van der Waals surface area contributed by atoms with E-state index in [0.29, 0.717) is 19.4 Å². The van der Waals surface area contributed by atoms with Crippen LogP contribution in [0.1, 0.15) is 46.0 Å². The highest BCUT2D eigenvalue weighted by Gasteiger charge is 2.27. The lowest BCUT2D eigenvalue weighted by molar-refractivity contribution is -0.142. The number of aliphatic carboxylic acids is 1. The fourth-order valence-electron chi connectivity index (χ4n) is 2.41. The average Bonchev–Trinajstić information content (AvgIpc) is 2.67. The predicted molar refractivity (Wildman–Crippen MR) is 109 cm³/mol. The van der Waals surface area contributed by atoms with Crippen LogP contribution in [0.5, 0.6) is 0 Å². The lowest BCUT2D eigenvalue weighted by atomic mass is 10.1. The van der Waals surface area contributed by atoms with E-state index in [2.05, 4.69) is 16.0 Å². The number of nitrogens with one attached hydrogen (secondary N) is 3. The average molecular weight is 431 g/mol. The SMILES string of the molecule is CC(C)C(N)C(=O)NCC(=O)NC(CCC(N)=O)C(=O)NC(CCCCN)C(=O)O. The van der Waals surface area contributed by atoms with Gasteiger partial charge in [-0.2, -0.15) is 0 Å². The van der Waals surface area contributed by atoms with E-state index in [4.69, 9.17) is 17.2 Å². The second-order valence-corrected chi connectivity index (χ2v) is 7.30. The second-order valence-electron chi connectivity index (χ2n) is 7.30. The second kappa shape index (κ2) is 14.3. The molecule has 0 fully saturated rings. The molecule has 4 amide bonds. The maximum Gasteiger partial charge on any atom is 0.326 e. The summed E-state index contributed by atoms with van der Waals surface area (Å²) >= 11 is 0. The summed E-state index contributed by atoms with van der Waals surface area (Å²) in [5.41, 5.74) is 16.2. The number of nitrogens with two attached hydrogens (primary N) is 3. The molecular weight excluding hydrogens is 396 g/mol. The Kier molecular flexibility index (Phi) is 13.0. The van der Waals surface area contributed by atoms with E-state index in [0.717, 1.165) is 0 Å². The summed E-state index contributed by atoms with van der Waals surface area (Å²) < 4.78 is 0. The van der Waals surface area contributed by atoms with E-state index < -0.39 is 54.3 Å². The molecule has 0 aliphatic heterocycles. The fourth-order valence-corrected chi connectivity index (χ4v) is 2.41. The molecule has 10 N–H and O–H groups in total. The van der Waals surface area contributed by atoms with E-state index in [-0.39, 0.29) is 25.2 Å². The van der Waals surface area contributed by atoms with Crippen LogP contribution in [0.3, 0.4) is 0 Å². The van der Waals surface area contributed by atoms with Crippen molar-refractivity contribution >= 4 is 29.6 Å². The Morgan fingerprint density at radius 1 is 0.933 bits per heavy atom. The van der Waals surface area contributed by atoms with Gasteiger partial charge in [0.2, 0.25) is 23.6 Å². The van der Waals surface area contributed by atoms with Gasteiger partial charge in [0.15, 0.2) is 0 Å². The molecule has 0 aromatic rings. The van der Waals surface area contributed by atoms with Gasteiger partial charge in [-0.05, 0) is 38.1 Å². The zero-order valence-electron chi connectivity index (χ0n) is 17.5. The Hall–Kier alpha value is -2.73. The largest absolute Gasteiger partial charge is 0.480 e. The summed E-state index contributed by atoms with van der Waals surface area (Å²) in [5.74, 6) is -4.03. The van der Waals surface area contributed by atoms with Crippen LogP contribution in [0.2, 0.25) is 0 Å². The molecule has 12 heteroatoms. The summed E-state index contributed by atoms with van der Waals surface area (Å²) in [5, 5.41) is 16.4. The van der Waals surface area contributed by atoms with E-state index in [1.54, 1.807) is 13.8 Å². The molecule has 0 saturated carbocycles. The molecule has 3 unspecified atom stereocenters. The van der Waals surface area contributed by atoms with Gasteiger partial charge >= 0.3 is 5.97 Å². The van der Waals surface area contributed by atoms with Gasteiger partial charge in [-0.25, -0.2) is 4.79 Å². The number of rotatable bonds is 15. The first-order valence-corrected chi connectivity index (χ1v) is 9.83. The number of carbonyl (C=O) groups is 5. The van der Waals surface area contributed by atoms with Crippen LogP contribution in [0.15, 0.2) is 0 Å². The maximum absolute atomic E-state index is 12.5. The summed E-state index contributed by atoms with van der Waals surface area (Å²) in [4.78, 5) is 58.9. The zero-order chi connectivity index (χ0) is 23.3. The number of carboxylic acids is 1. The smallest absolute Gasteiger partial charge is 0.326 e. The van der Waals surface area contributed by atoms with Crippen molar-refractivity contribution in [2.75, 3.05) is 13.1 Å². The summed E-state index contributed by atoms with van der Waals surface area (Å²) in [6.07, 6.45) is 0.932. The summed E-state index contributed by atoms with van der Waals surface area (Å²) in [6, 6.07) is -3.16. The van der Waals surface area contributed by atoms with Crippen molar-refractivity contribution in [3.63, 3.8) is 0 Å². The topological polar surface area (TPSA) is 220 Å². The van der Waals surface area contributed by atoms with Crippen LogP contribution in [-0.4, -0.2) is 65.9 Å². The molecule has 0 saturated heterocycles. The zero-order valence-corrected chi connectivity index (χ0v) is 17.5. The van der Waals surface area contributed by atoms with Gasteiger partial charge in [0.05, 0.1) is 12.6 Å². The molecule has 0 spiro atoms. The minimum atomic E-state index is -1.23. The number of hydrogen-bond acceptors (Lipinski definition) is 7. The molecule has 0 aromatic heterocycles. The van der Waals surface area contributed by atoms with Crippen LogP contribution in [-0.2, 0) is 24.0 Å². The number of primary amides is 1. The third-order valence-corrected chi connectivity index (χ3v) is 4.34. The lowest BCUT2D eigenvalue weighted by Gasteiger charge is -2.22. The van der Waals surface area contributed by atoms with Crippen LogP contribution in [0.25, 0.3) is 0 Å². The molecule has 0 aliphatic carbocycles. The van der Waals surface area contributed by atoms with E-state index in [9.17, 15) is 29.1 Å². The Morgan fingerprint density at radius 2 is 1.57 bits per heavy atom. The van der Waals surface area contributed by atoms with Gasteiger partial charge in [-0.3, -0.25) is 19.2 Å². The molecule has 0 bridgehead atoms. The molecule has 12 nitrogen and oxygen atoms in total. The van der Waals surface area contributed by atoms with Gasteiger partial charge in [-0.1, -0.05) is 13.8 Å². The van der Waals surface area contributed by atoms with Gasteiger partial charge in [0, 0.05) is 6.42 Å². The van der Waals surface area contributed by atoms with Crippen molar-refractivity contribution < 1.29 is 29.1 Å². The first kappa shape index (κ1) is 27.3. The molecule has 3 atom stereocenters. The Morgan fingerprint density at radius 3 is 2.07 bits per heavy atom. The highest BCUT2D eigenvalue weighted by molar-refractivity contribution is 5.92. The number of hydrogen-bond donors (Lipinski definition) is 7.